The highest BCUT2D eigenvalue weighted by Crippen LogP contribution is 2.40. The lowest BCUT2D eigenvalue weighted by atomic mass is 9.94. The molecule has 0 amide bonds. The largest absolute Gasteiger partial charge is 0.309 e. The van der Waals surface area contributed by atoms with Crippen LogP contribution in [0.3, 0.4) is 0 Å². The molecule has 0 aliphatic heterocycles. The Morgan fingerprint density at radius 2 is 0.687 bits per heavy atom. The van der Waals surface area contributed by atoms with Gasteiger partial charge in [0, 0.05) is 32.8 Å². The van der Waals surface area contributed by atoms with E-state index in [1.54, 1.807) is 0 Å². The van der Waals surface area contributed by atoms with Gasteiger partial charge in [-0.2, -0.15) is 0 Å². The van der Waals surface area contributed by atoms with Crippen LogP contribution in [0.4, 0.5) is 0 Å². The van der Waals surface area contributed by atoms with Crippen LogP contribution in [0.1, 0.15) is 0 Å². The van der Waals surface area contributed by atoms with Gasteiger partial charge in [-0.15, -0.1) is 0 Å². The molecule has 2 aromatic heterocycles. The first-order valence-corrected chi connectivity index (χ1v) is 23.0. The maximum absolute atomic E-state index is 5.20. The summed E-state index contributed by atoms with van der Waals surface area (Å²) >= 11 is 0. The standard InChI is InChI=1S/C64H39N3/c1-2-16-50-48(14-1)49-15-3-4-19-53(49)58-38-47(33-34-54(50)58)67-61-23-10-9-20-55(61)59-37-46(32-35-62(59)67)45-13-11-12-44(36-45)42-26-24-40(25-27-42)41-28-30-43(31-29-41)60-39-65-63-56-21-7-5-17-51(56)52-18-6-8-22-57(52)64(63)66-60/h1-39H. The SMILES string of the molecule is c1cc(-c2ccc(-c3ccc(-c4cnc5c6ccccc6c6ccccc6c5n4)cc3)cc2)cc(-c2ccc3c(c2)c2ccccc2n3-c2ccc3c4ccccc4c4ccccc4c3c2)c1. The van der Waals surface area contributed by atoms with E-state index in [0.29, 0.717) is 0 Å². The molecule has 0 saturated heterocycles. The van der Waals surface area contributed by atoms with Gasteiger partial charge >= 0.3 is 0 Å². The van der Waals surface area contributed by atoms with Gasteiger partial charge < -0.3 is 4.57 Å². The average molecular weight is 850 g/mol. The van der Waals surface area contributed by atoms with E-state index in [0.717, 1.165) is 44.3 Å². The third kappa shape index (κ3) is 5.92. The normalized spacial score (nSPS) is 11.9. The lowest BCUT2D eigenvalue weighted by molar-refractivity contribution is 1.19. The molecule has 0 radical (unpaired) electrons. The van der Waals surface area contributed by atoms with Crippen LogP contribution in [-0.2, 0) is 0 Å². The average Bonchev–Trinajstić information content (AvgIpc) is 3.74. The van der Waals surface area contributed by atoms with Gasteiger partial charge in [-0.25, -0.2) is 4.98 Å². The molecule has 310 valence electrons. The highest BCUT2D eigenvalue weighted by atomic mass is 15.0. The summed E-state index contributed by atoms with van der Waals surface area (Å²) in [6.45, 7) is 0. The highest BCUT2D eigenvalue weighted by Gasteiger charge is 2.17. The topological polar surface area (TPSA) is 30.7 Å². The number of aromatic nitrogens is 3. The van der Waals surface area contributed by atoms with Gasteiger partial charge in [-0.3, -0.25) is 4.98 Å². The van der Waals surface area contributed by atoms with Crippen molar-refractivity contribution in [3.8, 4) is 50.3 Å². The summed E-state index contributed by atoms with van der Waals surface area (Å²) in [5, 5.41) is 14.8. The van der Waals surface area contributed by atoms with Crippen LogP contribution in [-0.4, -0.2) is 14.5 Å². The first kappa shape index (κ1) is 37.5. The Kier molecular flexibility index (Phi) is 8.28. The number of hydrogen-bond acceptors (Lipinski definition) is 2. The van der Waals surface area contributed by atoms with Crippen LogP contribution < -0.4 is 0 Å². The number of rotatable bonds is 5. The third-order valence-electron chi connectivity index (χ3n) is 14.0. The van der Waals surface area contributed by atoms with Crippen LogP contribution in [0.15, 0.2) is 237 Å². The van der Waals surface area contributed by atoms with Crippen molar-refractivity contribution in [3.63, 3.8) is 0 Å². The maximum atomic E-state index is 5.20. The molecule has 14 aromatic rings. The van der Waals surface area contributed by atoms with Crippen LogP contribution in [0.25, 0.3) is 137 Å². The molecular formula is C64H39N3. The van der Waals surface area contributed by atoms with Crippen LogP contribution in [0, 0.1) is 0 Å². The number of benzene rings is 12. The molecule has 0 bridgehead atoms. The van der Waals surface area contributed by atoms with Crippen LogP contribution in [0.5, 0.6) is 0 Å². The summed E-state index contributed by atoms with van der Waals surface area (Å²) in [6.07, 6.45) is 1.91. The summed E-state index contributed by atoms with van der Waals surface area (Å²) in [5.41, 5.74) is 14.4. The lowest BCUT2D eigenvalue weighted by Gasteiger charge is -2.14. The van der Waals surface area contributed by atoms with Crippen molar-refractivity contribution in [1.82, 2.24) is 14.5 Å². The van der Waals surface area contributed by atoms with E-state index in [9.17, 15) is 0 Å². The molecule has 0 atom stereocenters. The minimum Gasteiger partial charge on any atom is -0.309 e. The van der Waals surface area contributed by atoms with E-state index in [1.165, 1.54) is 92.7 Å². The Morgan fingerprint density at radius 1 is 0.254 bits per heavy atom. The first-order valence-electron chi connectivity index (χ1n) is 23.0. The van der Waals surface area contributed by atoms with Gasteiger partial charge in [-0.05, 0) is 113 Å². The van der Waals surface area contributed by atoms with E-state index in [4.69, 9.17) is 9.97 Å². The van der Waals surface area contributed by atoms with E-state index in [2.05, 4.69) is 235 Å². The van der Waals surface area contributed by atoms with E-state index in [1.807, 2.05) is 6.20 Å². The first-order chi connectivity index (χ1) is 33.2. The van der Waals surface area contributed by atoms with Gasteiger partial charge in [0.25, 0.3) is 0 Å². The predicted octanol–water partition coefficient (Wildman–Crippen LogP) is 17.2. The van der Waals surface area contributed by atoms with Gasteiger partial charge in [0.05, 0.1) is 34.0 Å². The molecule has 3 heteroatoms. The second kappa shape index (κ2) is 14.8. The molecule has 0 aliphatic carbocycles. The molecule has 67 heavy (non-hydrogen) atoms. The Balaban J connectivity index is 0.777. The Bertz CT molecular complexity index is 4240. The maximum Gasteiger partial charge on any atom is 0.0979 e. The summed E-state index contributed by atoms with van der Waals surface area (Å²) in [6, 6.07) is 83.9. The third-order valence-corrected chi connectivity index (χ3v) is 14.0. The highest BCUT2D eigenvalue weighted by molar-refractivity contribution is 6.26. The smallest absolute Gasteiger partial charge is 0.0979 e. The van der Waals surface area contributed by atoms with Crippen molar-refractivity contribution in [3.05, 3.63) is 237 Å². The minimum atomic E-state index is 0.868. The Labute approximate surface area is 386 Å². The van der Waals surface area contributed by atoms with Gasteiger partial charge in [0.1, 0.15) is 0 Å². The molecule has 0 unspecified atom stereocenters. The van der Waals surface area contributed by atoms with E-state index in [-0.39, 0.29) is 0 Å². The molecule has 0 N–H and O–H groups in total. The van der Waals surface area contributed by atoms with Crippen molar-refractivity contribution >= 4 is 86.7 Å². The number of hydrogen-bond donors (Lipinski definition) is 0. The molecule has 12 aromatic carbocycles. The predicted molar refractivity (Wildman–Crippen MR) is 283 cm³/mol. The Morgan fingerprint density at radius 3 is 1.31 bits per heavy atom. The Hall–Kier alpha value is -8.92. The molecule has 2 heterocycles. The summed E-state index contributed by atoms with van der Waals surface area (Å²) in [5.74, 6) is 0. The van der Waals surface area contributed by atoms with Crippen LogP contribution >= 0.6 is 0 Å². The summed E-state index contributed by atoms with van der Waals surface area (Å²) in [7, 11) is 0. The van der Waals surface area contributed by atoms with Crippen molar-refractivity contribution in [1.29, 1.82) is 0 Å². The van der Waals surface area contributed by atoms with Crippen LogP contribution in [0.2, 0.25) is 0 Å². The van der Waals surface area contributed by atoms with Gasteiger partial charge in [0.2, 0.25) is 0 Å². The minimum absolute atomic E-state index is 0.868. The van der Waals surface area contributed by atoms with Crippen molar-refractivity contribution < 1.29 is 0 Å². The molecule has 14 rings (SSSR count). The van der Waals surface area contributed by atoms with E-state index >= 15 is 0 Å². The van der Waals surface area contributed by atoms with Crippen molar-refractivity contribution in [2.75, 3.05) is 0 Å². The van der Waals surface area contributed by atoms with Crippen molar-refractivity contribution in [2.24, 2.45) is 0 Å². The van der Waals surface area contributed by atoms with Crippen molar-refractivity contribution in [2.45, 2.75) is 0 Å². The molecule has 0 fully saturated rings. The fraction of sp³-hybridized carbons (Fsp3) is 0. The quantitative estimate of drug-likeness (QED) is 0.162. The summed E-state index contributed by atoms with van der Waals surface area (Å²) < 4.78 is 2.43. The second-order valence-corrected chi connectivity index (χ2v) is 17.7. The van der Waals surface area contributed by atoms with Gasteiger partial charge in [0.15, 0.2) is 0 Å². The van der Waals surface area contributed by atoms with Gasteiger partial charge in [-0.1, -0.05) is 194 Å². The zero-order valence-corrected chi connectivity index (χ0v) is 36.4. The molecule has 0 saturated carbocycles. The zero-order valence-electron chi connectivity index (χ0n) is 36.4. The fourth-order valence-corrected chi connectivity index (χ4v) is 10.8. The monoisotopic (exact) mass is 849 g/mol. The fourth-order valence-electron chi connectivity index (χ4n) is 10.8. The molecule has 3 nitrogen and oxygen atoms in total. The molecule has 0 aliphatic rings. The number of fused-ring (bicyclic) bond motifs is 15. The number of para-hydroxylation sites is 1. The second-order valence-electron chi connectivity index (χ2n) is 17.7. The number of nitrogens with zero attached hydrogens (tertiary/aromatic N) is 3. The lowest BCUT2D eigenvalue weighted by Crippen LogP contribution is -1.94. The summed E-state index contributed by atoms with van der Waals surface area (Å²) in [4.78, 5) is 10.2. The molecule has 0 spiro atoms. The molecular weight excluding hydrogens is 811 g/mol. The zero-order chi connectivity index (χ0) is 44.0. The van der Waals surface area contributed by atoms with E-state index < -0.39 is 0 Å².